The first-order valence-electron chi connectivity index (χ1n) is 6.04. The predicted octanol–water partition coefficient (Wildman–Crippen LogP) is 2.79. The van der Waals surface area contributed by atoms with Crippen LogP contribution in [0.2, 0.25) is 0 Å². The Bertz CT molecular complexity index is 381. The Morgan fingerprint density at radius 1 is 1.19 bits per heavy atom. The van der Waals surface area contributed by atoms with Crippen LogP contribution >= 0.6 is 0 Å². The lowest BCUT2D eigenvalue weighted by Gasteiger charge is -2.22. The average molecular weight is 219 g/mol. The van der Waals surface area contributed by atoms with Crippen LogP contribution in [0.15, 0.2) is 12.1 Å². The molecule has 2 rings (SSSR count). The highest BCUT2D eigenvalue weighted by molar-refractivity contribution is 5.38. The van der Waals surface area contributed by atoms with E-state index in [4.69, 9.17) is 10.5 Å². The normalized spacial score (nSPS) is 22.4. The van der Waals surface area contributed by atoms with Crippen molar-refractivity contribution in [2.75, 3.05) is 6.61 Å². The molecule has 2 atom stereocenters. The maximum Gasteiger partial charge on any atom is 0.0768 e. The van der Waals surface area contributed by atoms with Gasteiger partial charge in [-0.1, -0.05) is 12.1 Å². The molecule has 1 aliphatic rings. The van der Waals surface area contributed by atoms with Gasteiger partial charge in [0.05, 0.1) is 12.1 Å². The molecule has 2 unspecified atom stereocenters. The Kier molecular flexibility index (Phi) is 3.31. The summed E-state index contributed by atoms with van der Waals surface area (Å²) in [5.74, 6) is 0. The summed E-state index contributed by atoms with van der Waals surface area (Å²) >= 11 is 0. The summed E-state index contributed by atoms with van der Waals surface area (Å²) in [6, 6.07) is 4.47. The van der Waals surface area contributed by atoms with Crippen molar-refractivity contribution < 1.29 is 4.74 Å². The van der Waals surface area contributed by atoms with Crippen molar-refractivity contribution in [2.24, 2.45) is 5.73 Å². The van der Waals surface area contributed by atoms with Gasteiger partial charge < -0.3 is 10.5 Å². The summed E-state index contributed by atoms with van der Waals surface area (Å²) in [5.41, 5.74) is 11.5. The summed E-state index contributed by atoms with van der Waals surface area (Å²) in [6.45, 7) is 7.28. The van der Waals surface area contributed by atoms with Gasteiger partial charge in [0.1, 0.15) is 0 Å². The molecule has 2 nitrogen and oxygen atoms in total. The third kappa shape index (κ3) is 2.13. The zero-order valence-electron chi connectivity index (χ0n) is 10.4. The summed E-state index contributed by atoms with van der Waals surface area (Å²) in [7, 11) is 0. The Morgan fingerprint density at radius 3 is 2.50 bits per heavy atom. The molecule has 0 amide bonds. The van der Waals surface area contributed by atoms with Crippen LogP contribution in [0.5, 0.6) is 0 Å². The highest BCUT2D eigenvalue weighted by atomic mass is 16.5. The molecule has 1 aromatic carbocycles. The monoisotopic (exact) mass is 219 g/mol. The van der Waals surface area contributed by atoms with Gasteiger partial charge >= 0.3 is 0 Å². The van der Waals surface area contributed by atoms with Crippen LogP contribution in [0.25, 0.3) is 0 Å². The van der Waals surface area contributed by atoms with Crippen molar-refractivity contribution in [1.29, 1.82) is 0 Å². The second-order valence-electron chi connectivity index (χ2n) is 4.87. The first-order chi connectivity index (χ1) is 7.59. The van der Waals surface area contributed by atoms with Gasteiger partial charge in [-0.05, 0) is 55.9 Å². The molecule has 1 saturated heterocycles. The molecule has 0 spiro atoms. The first kappa shape index (κ1) is 11.6. The van der Waals surface area contributed by atoms with Crippen LogP contribution in [0, 0.1) is 20.8 Å². The van der Waals surface area contributed by atoms with Crippen LogP contribution in [0.4, 0.5) is 0 Å². The molecule has 2 heteroatoms. The zero-order chi connectivity index (χ0) is 11.7. The molecular weight excluding hydrogens is 198 g/mol. The number of hydrogen-bond donors (Lipinski definition) is 1. The molecule has 0 saturated carbocycles. The van der Waals surface area contributed by atoms with Gasteiger partial charge in [0.25, 0.3) is 0 Å². The zero-order valence-corrected chi connectivity index (χ0v) is 10.4. The van der Waals surface area contributed by atoms with Gasteiger partial charge in [-0.25, -0.2) is 0 Å². The summed E-state index contributed by atoms with van der Waals surface area (Å²) in [4.78, 5) is 0. The van der Waals surface area contributed by atoms with E-state index in [9.17, 15) is 0 Å². The molecule has 0 aliphatic carbocycles. The first-order valence-corrected chi connectivity index (χ1v) is 6.04. The number of hydrogen-bond acceptors (Lipinski definition) is 2. The van der Waals surface area contributed by atoms with Crippen molar-refractivity contribution in [3.05, 3.63) is 34.4 Å². The minimum absolute atomic E-state index is 0.0294. The van der Waals surface area contributed by atoms with Crippen molar-refractivity contribution in [2.45, 2.75) is 45.8 Å². The predicted molar refractivity (Wildman–Crippen MR) is 66.6 cm³/mol. The summed E-state index contributed by atoms with van der Waals surface area (Å²) in [6.07, 6.45) is 2.44. The fraction of sp³-hybridized carbons (Fsp3) is 0.571. The highest BCUT2D eigenvalue weighted by Crippen LogP contribution is 2.28. The maximum atomic E-state index is 6.30. The molecule has 0 radical (unpaired) electrons. The molecular formula is C14H21NO. The van der Waals surface area contributed by atoms with Gasteiger partial charge in [0, 0.05) is 6.61 Å². The second-order valence-corrected chi connectivity index (χ2v) is 4.87. The SMILES string of the molecule is Cc1cc(C)c(C(N)C2CCCO2)cc1C. The molecule has 1 heterocycles. The lowest BCUT2D eigenvalue weighted by atomic mass is 9.92. The Hall–Kier alpha value is -0.860. The van der Waals surface area contributed by atoms with E-state index in [-0.39, 0.29) is 12.1 Å². The van der Waals surface area contributed by atoms with Crippen LogP contribution in [-0.4, -0.2) is 12.7 Å². The molecule has 1 aromatic rings. The number of ether oxygens (including phenoxy) is 1. The van der Waals surface area contributed by atoms with E-state index < -0.39 is 0 Å². The lowest BCUT2D eigenvalue weighted by Crippen LogP contribution is -2.26. The standard InChI is InChI=1S/C14H21NO/c1-9-7-11(3)12(8-10(9)2)14(15)13-5-4-6-16-13/h7-8,13-14H,4-6,15H2,1-3H3. The smallest absolute Gasteiger partial charge is 0.0768 e. The largest absolute Gasteiger partial charge is 0.376 e. The van der Waals surface area contributed by atoms with Crippen LogP contribution in [-0.2, 0) is 4.74 Å². The van der Waals surface area contributed by atoms with E-state index in [1.807, 2.05) is 0 Å². The Labute approximate surface area is 97.8 Å². The summed E-state index contributed by atoms with van der Waals surface area (Å²) < 4.78 is 5.67. The van der Waals surface area contributed by atoms with Crippen molar-refractivity contribution >= 4 is 0 Å². The topological polar surface area (TPSA) is 35.2 Å². The Morgan fingerprint density at radius 2 is 1.88 bits per heavy atom. The minimum atomic E-state index is 0.0294. The molecule has 16 heavy (non-hydrogen) atoms. The average Bonchev–Trinajstić information content (AvgIpc) is 2.75. The maximum absolute atomic E-state index is 6.30. The van der Waals surface area contributed by atoms with Crippen LogP contribution < -0.4 is 5.73 Å². The van der Waals surface area contributed by atoms with Gasteiger partial charge in [-0.15, -0.1) is 0 Å². The minimum Gasteiger partial charge on any atom is -0.376 e. The highest BCUT2D eigenvalue weighted by Gasteiger charge is 2.25. The van der Waals surface area contributed by atoms with Gasteiger partial charge in [-0.3, -0.25) is 0 Å². The number of aryl methyl sites for hydroxylation is 3. The fourth-order valence-corrected chi connectivity index (χ4v) is 2.43. The van der Waals surface area contributed by atoms with Gasteiger partial charge in [0.2, 0.25) is 0 Å². The van der Waals surface area contributed by atoms with Crippen LogP contribution in [0.1, 0.15) is 41.1 Å². The fourth-order valence-electron chi connectivity index (χ4n) is 2.43. The van der Waals surface area contributed by atoms with E-state index in [0.29, 0.717) is 0 Å². The Balaban J connectivity index is 2.28. The number of benzene rings is 1. The molecule has 1 fully saturated rings. The number of rotatable bonds is 2. The quantitative estimate of drug-likeness (QED) is 0.830. The van der Waals surface area contributed by atoms with E-state index in [0.717, 1.165) is 19.4 Å². The molecule has 0 bridgehead atoms. The number of nitrogens with two attached hydrogens (primary N) is 1. The van der Waals surface area contributed by atoms with Crippen molar-refractivity contribution in [1.82, 2.24) is 0 Å². The van der Waals surface area contributed by atoms with Gasteiger partial charge in [-0.2, -0.15) is 0 Å². The second kappa shape index (κ2) is 4.56. The van der Waals surface area contributed by atoms with E-state index in [1.165, 1.54) is 22.3 Å². The molecule has 2 N–H and O–H groups in total. The van der Waals surface area contributed by atoms with Gasteiger partial charge in [0.15, 0.2) is 0 Å². The molecule has 0 aromatic heterocycles. The third-order valence-electron chi connectivity index (χ3n) is 3.61. The van der Waals surface area contributed by atoms with Crippen molar-refractivity contribution in [3.8, 4) is 0 Å². The third-order valence-corrected chi connectivity index (χ3v) is 3.61. The van der Waals surface area contributed by atoms with E-state index >= 15 is 0 Å². The molecule has 1 aliphatic heterocycles. The van der Waals surface area contributed by atoms with Crippen molar-refractivity contribution in [3.63, 3.8) is 0 Å². The van der Waals surface area contributed by atoms with E-state index in [1.54, 1.807) is 0 Å². The lowest BCUT2D eigenvalue weighted by molar-refractivity contribution is 0.0898. The van der Waals surface area contributed by atoms with E-state index in [2.05, 4.69) is 32.9 Å². The summed E-state index contributed by atoms with van der Waals surface area (Å²) in [5, 5.41) is 0. The van der Waals surface area contributed by atoms with Crippen LogP contribution in [0.3, 0.4) is 0 Å². The molecule has 88 valence electrons.